The zero-order chi connectivity index (χ0) is 12.0. The van der Waals surface area contributed by atoms with Crippen molar-refractivity contribution >= 4 is 23.4 Å². The van der Waals surface area contributed by atoms with Crippen LogP contribution in [0.15, 0.2) is 6.07 Å². The average Bonchev–Trinajstić information content (AvgIpc) is 2.28. The van der Waals surface area contributed by atoms with Crippen LogP contribution in [-0.2, 0) is 16.0 Å². The molecule has 1 aromatic rings. The third-order valence-corrected chi connectivity index (χ3v) is 2.11. The van der Waals surface area contributed by atoms with Crippen LogP contribution in [0.4, 0.5) is 5.82 Å². The van der Waals surface area contributed by atoms with Gasteiger partial charge in [0.2, 0.25) is 0 Å². The average molecular weight is 244 g/mol. The molecule has 0 aromatic carbocycles. The van der Waals surface area contributed by atoms with E-state index in [1.54, 1.807) is 6.07 Å². The van der Waals surface area contributed by atoms with Crippen LogP contribution in [0.1, 0.15) is 19.2 Å². The fourth-order valence-corrected chi connectivity index (χ4v) is 1.31. The molecule has 16 heavy (non-hydrogen) atoms. The predicted molar refractivity (Wildman–Crippen MR) is 61.5 cm³/mol. The number of hydrogen-bond donors (Lipinski definition) is 1. The van der Waals surface area contributed by atoms with Crippen LogP contribution in [-0.4, -0.2) is 29.6 Å². The van der Waals surface area contributed by atoms with Crippen LogP contribution in [0.3, 0.4) is 0 Å². The molecule has 0 radical (unpaired) electrons. The summed E-state index contributed by atoms with van der Waals surface area (Å²) >= 11 is 5.81. The van der Waals surface area contributed by atoms with Gasteiger partial charge in [-0.2, -0.15) is 0 Å². The first-order chi connectivity index (χ1) is 7.65. The van der Waals surface area contributed by atoms with Crippen molar-refractivity contribution in [1.29, 1.82) is 0 Å². The highest BCUT2D eigenvalue weighted by Crippen LogP contribution is 2.11. The van der Waals surface area contributed by atoms with Crippen molar-refractivity contribution in [3.8, 4) is 0 Å². The van der Waals surface area contributed by atoms with E-state index in [1.165, 1.54) is 7.11 Å². The molecule has 0 aliphatic heterocycles. The molecule has 6 heteroatoms. The van der Waals surface area contributed by atoms with Crippen molar-refractivity contribution in [2.45, 2.75) is 19.8 Å². The smallest absolute Gasteiger partial charge is 0.307 e. The molecular weight excluding hydrogens is 230 g/mol. The van der Waals surface area contributed by atoms with Gasteiger partial charge in [-0.1, -0.05) is 18.5 Å². The zero-order valence-corrected chi connectivity index (χ0v) is 10.0. The second-order valence-corrected chi connectivity index (χ2v) is 3.49. The van der Waals surface area contributed by atoms with Gasteiger partial charge < -0.3 is 10.1 Å². The highest BCUT2D eigenvalue weighted by Gasteiger charge is 2.03. The molecular formula is C10H14ClN3O2. The minimum Gasteiger partial charge on any atom is -0.469 e. The van der Waals surface area contributed by atoms with E-state index < -0.39 is 0 Å². The number of nitrogens with one attached hydrogen (secondary N) is 1. The maximum Gasteiger partial charge on any atom is 0.307 e. The van der Waals surface area contributed by atoms with Gasteiger partial charge in [-0.3, -0.25) is 4.79 Å². The van der Waals surface area contributed by atoms with Crippen LogP contribution >= 0.6 is 11.6 Å². The van der Waals surface area contributed by atoms with Gasteiger partial charge in [0.1, 0.15) is 16.8 Å². The topological polar surface area (TPSA) is 64.1 Å². The Balaban J connectivity index is 2.53. The summed E-state index contributed by atoms with van der Waals surface area (Å²) in [5.74, 6) is 1.04. The van der Waals surface area contributed by atoms with E-state index in [4.69, 9.17) is 11.6 Å². The van der Waals surface area contributed by atoms with Gasteiger partial charge in [0.05, 0.1) is 13.5 Å². The van der Waals surface area contributed by atoms with Crippen molar-refractivity contribution in [3.05, 3.63) is 17.0 Å². The van der Waals surface area contributed by atoms with E-state index in [-0.39, 0.29) is 5.97 Å². The fraction of sp³-hybridized carbons (Fsp3) is 0.500. The van der Waals surface area contributed by atoms with E-state index in [0.29, 0.717) is 36.2 Å². The summed E-state index contributed by atoms with van der Waals surface area (Å²) < 4.78 is 4.52. The van der Waals surface area contributed by atoms with Crippen LogP contribution in [0.25, 0.3) is 0 Å². The zero-order valence-electron chi connectivity index (χ0n) is 9.29. The third kappa shape index (κ3) is 4.02. The summed E-state index contributed by atoms with van der Waals surface area (Å²) in [6.07, 6.45) is 1.01. The highest BCUT2D eigenvalue weighted by atomic mass is 35.5. The van der Waals surface area contributed by atoms with Gasteiger partial charge in [-0.25, -0.2) is 9.97 Å². The molecule has 0 aliphatic carbocycles. The molecule has 1 heterocycles. The van der Waals surface area contributed by atoms with Crippen molar-refractivity contribution in [3.63, 3.8) is 0 Å². The normalized spacial score (nSPS) is 9.94. The maximum absolute atomic E-state index is 10.9. The Bertz CT molecular complexity index is 371. The number of carbonyl (C=O) groups excluding carboxylic acids is 1. The fourth-order valence-electron chi connectivity index (χ4n) is 1.11. The lowest BCUT2D eigenvalue weighted by atomic mass is 10.4. The molecule has 5 nitrogen and oxygen atoms in total. The summed E-state index contributed by atoms with van der Waals surface area (Å²) in [5.41, 5.74) is 0. The summed E-state index contributed by atoms with van der Waals surface area (Å²) in [6.45, 7) is 2.41. The molecule has 0 atom stereocenters. The number of rotatable bonds is 5. The Morgan fingerprint density at radius 2 is 2.31 bits per heavy atom. The van der Waals surface area contributed by atoms with Crippen molar-refractivity contribution in [2.75, 3.05) is 19.0 Å². The lowest BCUT2D eigenvalue weighted by molar-refractivity contribution is -0.140. The van der Waals surface area contributed by atoms with Gasteiger partial charge in [0.15, 0.2) is 0 Å². The number of nitrogens with zero attached hydrogens (tertiary/aromatic N) is 2. The molecule has 0 spiro atoms. The second-order valence-electron chi connectivity index (χ2n) is 3.10. The Labute approximate surface area is 99.2 Å². The maximum atomic E-state index is 10.9. The number of hydrogen-bond acceptors (Lipinski definition) is 5. The Hall–Kier alpha value is -1.36. The molecule has 0 saturated carbocycles. The predicted octanol–water partition coefficient (Wildman–Crippen LogP) is 1.67. The van der Waals surface area contributed by atoms with Gasteiger partial charge in [0.25, 0.3) is 0 Å². The molecule has 0 amide bonds. The van der Waals surface area contributed by atoms with Crippen molar-refractivity contribution in [1.82, 2.24) is 9.97 Å². The minimum atomic E-state index is -0.261. The van der Waals surface area contributed by atoms with E-state index in [9.17, 15) is 4.79 Å². The van der Waals surface area contributed by atoms with Crippen LogP contribution in [0.5, 0.6) is 0 Å². The monoisotopic (exact) mass is 243 g/mol. The number of aryl methyl sites for hydroxylation is 1. The molecule has 1 rings (SSSR count). The van der Waals surface area contributed by atoms with Gasteiger partial charge in [-0.15, -0.1) is 0 Å². The number of carbonyl (C=O) groups is 1. The van der Waals surface area contributed by atoms with Gasteiger partial charge >= 0.3 is 5.97 Å². The highest BCUT2D eigenvalue weighted by molar-refractivity contribution is 6.29. The Morgan fingerprint density at radius 1 is 1.56 bits per heavy atom. The lowest BCUT2D eigenvalue weighted by Gasteiger charge is -2.06. The molecule has 1 N–H and O–H groups in total. The first-order valence-electron chi connectivity index (χ1n) is 5.00. The van der Waals surface area contributed by atoms with E-state index >= 15 is 0 Å². The molecule has 0 aliphatic rings. The van der Waals surface area contributed by atoms with Crippen LogP contribution in [0, 0.1) is 0 Å². The van der Waals surface area contributed by atoms with Gasteiger partial charge in [0, 0.05) is 19.0 Å². The number of anilines is 1. The Morgan fingerprint density at radius 3 is 2.94 bits per heavy atom. The number of ether oxygens (including phenoxy) is 1. The van der Waals surface area contributed by atoms with Crippen molar-refractivity contribution in [2.24, 2.45) is 0 Å². The molecule has 0 bridgehead atoms. The molecule has 0 saturated heterocycles. The first-order valence-corrected chi connectivity index (χ1v) is 5.37. The first kappa shape index (κ1) is 12.7. The largest absolute Gasteiger partial charge is 0.469 e. The number of aromatic nitrogens is 2. The molecule has 0 unspecified atom stereocenters. The number of methoxy groups -OCH3 is 1. The summed E-state index contributed by atoms with van der Waals surface area (Å²) in [4.78, 5) is 19.1. The summed E-state index contributed by atoms with van der Waals surface area (Å²) in [6, 6.07) is 1.62. The SMILES string of the molecule is CCc1nc(Cl)cc(NCCC(=O)OC)n1. The Kier molecular flexibility index (Phi) is 4.98. The third-order valence-electron chi connectivity index (χ3n) is 1.92. The van der Waals surface area contributed by atoms with E-state index in [2.05, 4.69) is 20.0 Å². The summed E-state index contributed by atoms with van der Waals surface area (Å²) in [7, 11) is 1.36. The van der Waals surface area contributed by atoms with E-state index in [0.717, 1.165) is 0 Å². The molecule has 88 valence electrons. The number of esters is 1. The minimum absolute atomic E-state index is 0.261. The second kappa shape index (κ2) is 6.27. The van der Waals surface area contributed by atoms with Crippen LogP contribution in [0.2, 0.25) is 5.15 Å². The molecule has 0 fully saturated rings. The molecule has 1 aromatic heterocycles. The standard InChI is InChI=1S/C10H14ClN3O2/c1-3-8-13-7(11)6-9(14-8)12-5-4-10(15)16-2/h6H,3-5H2,1-2H3,(H,12,13,14). The van der Waals surface area contributed by atoms with Crippen LogP contribution < -0.4 is 5.32 Å². The lowest BCUT2D eigenvalue weighted by Crippen LogP contribution is -2.11. The van der Waals surface area contributed by atoms with Gasteiger partial charge in [-0.05, 0) is 0 Å². The number of halogens is 1. The quantitative estimate of drug-likeness (QED) is 0.630. The summed E-state index contributed by atoms with van der Waals surface area (Å²) in [5, 5.41) is 3.38. The van der Waals surface area contributed by atoms with Crippen molar-refractivity contribution < 1.29 is 9.53 Å². The van der Waals surface area contributed by atoms with E-state index in [1.807, 2.05) is 6.92 Å².